The van der Waals surface area contributed by atoms with Crippen molar-refractivity contribution in [3.63, 3.8) is 0 Å². The number of amides is 1. The summed E-state index contributed by atoms with van der Waals surface area (Å²) < 4.78 is 4.64. The molecule has 0 radical (unpaired) electrons. The number of rotatable bonds is 5. The summed E-state index contributed by atoms with van der Waals surface area (Å²) in [5.74, 6) is -0.607. The molecule has 1 fully saturated rings. The second-order valence-electron chi connectivity index (χ2n) is 6.37. The standard InChI is InChI=1S/C18H25NO5/c1-3-9-18(12-20)11-19(10-8-15(18)21)16(22)13-4-6-14(7-5-13)17(23)24-2/h4-7,15,20-21H,3,8-12H2,1-2H3/t15-,18-/m0/s1. The van der Waals surface area contributed by atoms with Crippen molar-refractivity contribution in [2.75, 3.05) is 26.8 Å². The molecule has 2 atom stereocenters. The molecule has 0 spiro atoms. The van der Waals surface area contributed by atoms with Gasteiger partial charge in [0.25, 0.3) is 5.91 Å². The maximum atomic E-state index is 12.7. The number of carbonyl (C=O) groups is 2. The molecule has 1 aliphatic heterocycles. The molecule has 2 rings (SSSR count). The lowest BCUT2D eigenvalue weighted by molar-refractivity contribution is -0.0720. The van der Waals surface area contributed by atoms with Crippen LogP contribution >= 0.6 is 0 Å². The quantitative estimate of drug-likeness (QED) is 0.796. The molecule has 24 heavy (non-hydrogen) atoms. The van der Waals surface area contributed by atoms with E-state index in [0.29, 0.717) is 37.1 Å². The van der Waals surface area contributed by atoms with Gasteiger partial charge in [0.2, 0.25) is 0 Å². The number of hydrogen-bond acceptors (Lipinski definition) is 5. The molecule has 1 amide bonds. The van der Waals surface area contributed by atoms with Gasteiger partial charge >= 0.3 is 5.97 Å². The summed E-state index contributed by atoms with van der Waals surface area (Å²) in [6.07, 6.45) is 1.34. The molecule has 1 saturated heterocycles. The van der Waals surface area contributed by atoms with Gasteiger partial charge in [-0.3, -0.25) is 4.79 Å². The van der Waals surface area contributed by atoms with Gasteiger partial charge in [0.1, 0.15) is 0 Å². The van der Waals surface area contributed by atoms with Crippen molar-refractivity contribution in [2.24, 2.45) is 5.41 Å². The van der Waals surface area contributed by atoms with E-state index in [1.807, 2.05) is 6.92 Å². The van der Waals surface area contributed by atoms with E-state index in [9.17, 15) is 19.8 Å². The molecule has 0 bridgehead atoms. The van der Waals surface area contributed by atoms with Gasteiger partial charge in [0, 0.05) is 24.1 Å². The van der Waals surface area contributed by atoms with Gasteiger partial charge in [-0.1, -0.05) is 13.3 Å². The van der Waals surface area contributed by atoms with E-state index >= 15 is 0 Å². The number of benzene rings is 1. The van der Waals surface area contributed by atoms with Crippen LogP contribution in [0.1, 0.15) is 46.9 Å². The zero-order chi connectivity index (χ0) is 17.7. The first-order valence-corrected chi connectivity index (χ1v) is 8.24. The first kappa shape index (κ1) is 18.4. The zero-order valence-corrected chi connectivity index (χ0v) is 14.2. The SMILES string of the molecule is CCC[C@@]1(CO)CN(C(=O)c2ccc(C(=O)OC)cc2)CC[C@@H]1O. The van der Waals surface area contributed by atoms with Gasteiger partial charge in [-0.15, -0.1) is 0 Å². The van der Waals surface area contributed by atoms with E-state index in [0.717, 1.165) is 6.42 Å². The fourth-order valence-electron chi connectivity index (χ4n) is 3.35. The van der Waals surface area contributed by atoms with Gasteiger partial charge in [0.15, 0.2) is 0 Å². The zero-order valence-electron chi connectivity index (χ0n) is 14.2. The summed E-state index contributed by atoms with van der Waals surface area (Å²) in [5.41, 5.74) is 0.204. The van der Waals surface area contributed by atoms with Crippen molar-refractivity contribution in [1.82, 2.24) is 4.90 Å². The van der Waals surface area contributed by atoms with Crippen LogP contribution in [0.2, 0.25) is 0 Å². The second kappa shape index (κ2) is 7.77. The molecule has 0 unspecified atom stereocenters. The molecule has 6 nitrogen and oxygen atoms in total. The van der Waals surface area contributed by atoms with Crippen LogP contribution in [0.25, 0.3) is 0 Å². The van der Waals surface area contributed by atoms with Crippen LogP contribution in [0.3, 0.4) is 0 Å². The van der Waals surface area contributed by atoms with Crippen LogP contribution in [-0.2, 0) is 4.74 Å². The van der Waals surface area contributed by atoms with Crippen LogP contribution in [0.15, 0.2) is 24.3 Å². The maximum absolute atomic E-state index is 12.7. The number of methoxy groups -OCH3 is 1. The molecule has 0 aliphatic carbocycles. The third kappa shape index (κ3) is 3.60. The van der Waals surface area contributed by atoms with Crippen molar-refractivity contribution < 1.29 is 24.5 Å². The summed E-state index contributed by atoms with van der Waals surface area (Å²) in [6, 6.07) is 6.31. The number of aliphatic hydroxyl groups is 2. The third-order valence-corrected chi connectivity index (χ3v) is 4.79. The average molecular weight is 335 g/mol. The van der Waals surface area contributed by atoms with Crippen LogP contribution < -0.4 is 0 Å². The Bertz CT molecular complexity index is 586. The highest BCUT2D eigenvalue weighted by Crippen LogP contribution is 2.35. The highest BCUT2D eigenvalue weighted by atomic mass is 16.5. The molecule has 6 heteroatoms. The van der Waals surface area contributed by atoms with E-state index in [1.165, 1.54) is 7.11 Å². The molecular weight excluding hydrogens is 310 g/mol. The summed E-state index contributed by atoms with van der Waals surface area (Å²) in [5, 5.41) is 20.1. The van der Waals surface area contributed by atoms with Crippen LogP contribution in [0.5, 0.6) is 0 Å². The number of hydrogen-bond donors (Lipinski definition) is 2. The largest absolute Gasteiger partial charge is 0.465 e. The Morgan fingerprint density at radius 3 is 2.46 bits per heavy atom. The number of esters is 1. The molecule has 1 aromatic rings. The van der Waals surface area contributed by atoms with Gasteiger partial charge < -0.3 is 19.8 Å². The van der Waals surface area contributed by atoms with E-state index in [2.05, 4.69) is 4.74 Å². The second-order valence-corrected chi connectivity index (χ2v) is 6.37. The Hall–Kier alpha value is -1.92. The minimum Gasteiger partial charge on any atom is -0.465 e. The first-order chi connectivity index (χ1) is 11.5. The molecule has 0 aromatic heterocycles. The van der Waals surface area contributed by atoms with Crippen LogP contribution in [-0.4, -0.2) is 59.9 Å². The van der Waals surface area contributed by atoms with Gasteiger partial charge in [-0.05, 0) is 37.1 Å². The minimum absolute atomic E-state index is 0.146. The van der Waals surface area contributed by atoms with Crippen LogP contribution in [0, 0.1) is 5.41 Å². The number of ether oxygens (including phenoxy) is 1. The van der Waals surface area contributed by atoms with E-state index in [-0.39, 0.29) is 12.5 Å². The fourth-order valence-corrected chi connectivity index (χ4v) is 3.35. The molecule has 0 saturated carbocycles. The average Bonchev–Trinajstić information content (AvgIpc) is 2.62. The lowest BCUT2D eigenvalue weighted by Gasteiger charge is -2.45. The molecular formula is C18H25NO5. The minimum atomic E-state index is -0.658. The lowest BCUT2D eigenvalue weighted by Crippen LogP contribution is -2.55. The van der Waals surface area contributed by atoms with E-state index in [4.69, 9.17) is 0 Å². The molecule has 132 valence electrons. The Labute approximate surface area is 142 Å². The van der Waals surface area contributed by atoms with E-state index in [1.54, 1.807) is 29.2 Å². The normalized spacial score (nSPS) is 23.8. The number of nitrogens with zero attached hydrogens (tertiary/aromatic N) is 1. The highest BCUT2D eigenvalue weighted by Gasteiger charge is 2.43. The molecule has 1 heterocycles. The summed E-state index contributed by atoms with van der Waals surface area (Å²) in [4.78, 5) is 25.8. The van der Waals surface area contributed by atoms with Crippen molar-refractivity contribution in [3.8, 4) is 0 Å². The Morgan fingerprint density at radius 2 is 1.92 bits per heavy atom. The predicted molar refractivity (Wildman–Crippen MR) is 88.7 cm³/mol. The smallest absolute Gasteiger partial charge is 0.337 e. The molecule has 2 N–H and O–H groups in total. The van der Waals surface area contributed by atoms with Gasteiger partial charge in [-0.25, -0.2) is 4.79 Å². The number of likely N-dealkylation sites (tertiary alicyclic amines) is 1. The first-order valence-electron chi connectivity index (χ1n) is 8.24. The Balaban J connectivity index is 2.15. The van der Waals surface area contributed by atoms with Crippen LogP contribution in [0.4, 0.5) is 0 Å². The molecule has 1 aromatic carbocycles. The van der Waals surface area contributed by atoms with Gasteiger partial charge in [-0.2, -0.15) is 0 Å². The number of piperidine rings is 1. The highest BCUT2D eigenvalue weighted by molar-refractivity contribution is 5.96. The molecule has 1 aliphatic rings. The number of carbonyl (C=O) groups excluding carboxylic acids is 2. The predicted octanol–water partition coefficient (Wildman–Crippen LogP) is 1.46. The summed E-state index contributed by atoms with van der Waals surface area (Å²) in [7, 11) is 1.31. The Morgan fingerprint density at radius 1 is 1.29 bits per heavy atom. The van der Waals surface area contributed by atoms with Crippen molar-refractivity contribution in [2.45, 2.75) is 32.3 Å². The fraction of sp³-hybridized carbons (Fsp3) is 0.556. The summed E-state index contributed by atoms with van der Waals surface area (Å²) in [6.45, 7) is 2.63. The van der Waals surface area contributed by atoms with Crippen molar-refractivity contribution >= 4 is 11.9 Å². The monoisotopic (exact) mass is 335 g/mol. The summed E-state index contributed by atoms with van der Waals surface area (Å²) >= 11 is 0. The van der Waals surface area contributed by atoms with Crippen molar-refractivity contribution in [1.29, 1.82) is 0 Å². The maximum Gasteiger partial charge on any atom is 0.337 e. The topological polar surface area (TPSA) is 87.1 Å². The lowest BCUT2D eigenvalue weighted by atomic mass is 9.74. The van der Waals surface area contributed by atoms with E-state index < -0.39 is 17.5 Å². The number of aliphatic hydroxyl groups excluding tert-OH is 2. The Kier molecular flexibility index (Phi) is 5.96. The third-order valence-electron chi connectivity index (χ3n) is 4.79. The van der Waals surface area contributed by atoms with Gasteiger partial charge in [0.05, 0.1) is 25.4 Å². The van der Waals surface area contributed by atoms with Crippen molar-refractivity contribution in [3.05, 3.63) is 35.4 Å².